The van der Waals surface area contributed by atoms with Gasteiger partial charge in [-0.2, -0.15) is 0 Å². The topological polar surface area (TPSA) is 61.0 Å². The van der Waals surface area contributed by atoms with Gasteiger partial charge in [-0.3, -0.25) is 0 Å². The quantitative estimate of drug-likeness (QED) is 0.821. The van der Waals surface area contributed by atoms with E-state index in [1.54, 1.807) is 7.11 Å². The highest BCUT2D eigenvalue weighted by Gasteiger charge is 2.31. The lowest BCUT2D eigenvalue weighted by Crippen LogP contribution is -2.30. The van der Waals surface area contributed by atoms with E-state index < -0.39 is 0 Å². The van der Waals surface area contributed by atoms with Crippen molar-refractivity contribution in [2.24, 2.45) is 5.73 Å². The average molecular weight is 237 g/mol. The van der Waals surface area contributed by atoms with Gasteiger partial charge in [-0.15, -0.1) is 0 Å². The lowest BCUT2D eigenvalue weighted by molar-refractivity contribution is -0.0294. The second-order valence-electron chi connectivity index (χ2n) is 4.27. The van der Waals surface area contributed by atoms with Crippen LogP contribution in [-0.2, 0) is 16.8 Å². The number of hydrogen-bond acceptors (Lipinski definition) is 4. The summed E-state index contributed by atoms with van der Waals surface area (Å²) >= 11 is 0. The summed E-state index contributed by atoms with van der Waals surface area (Å²) in [7, 11) is 1.72. The fourth-order valence-electron chi connectivity index (χ4n) is 2.06. The summed E-state index contributed by atoms with van der Waals surface area (Å²) in [6.07, 6.45) is 2.51. The van der Waals surface area contributed by atoms with Crippen molar-refractivity contribution >= 4 is 0 Å². The van der Waals surface area contributed by atoms with Crippen LogP contribution in [0.15, 0.2) is 6.07 Å². The van der Waals surface area contributed by atoms with Gasteiger partial charge in [0.15, 0.2) is 5.82 Å². The van der Waals surface area contributed by atoms with Gasteiger partial charge in [-0.1, -0.05) is 13.8 Å². The lowest BCUT2D eigenvalue weighted by Gasteiger charge is -2.29. The van der Waals surface area contributed by atoms with Crippen molar-refractivity contribution in [3.05, 3.63) is 23.3 Å². The van der Waals surface area contributed by atoms with E-state index in [1.807, 2.05) is 13.0 Å². The molecular weight excluding hydrogens is 214 g/mol. The van der Waals surface area contributed by atoms with Crippen molar-refractivity contribution in [3.8, 4) is 0 Å². The van der Waals surface area contributed by atoms with E-state index in [-0.39, 0.29) is 5.60 Å². The Labute approximate surface area is 104 Å². The van der Waals surface area contributed by atoms with Crippen LogP contribution in [0.4, 0.5) is 0 Å². The van der Waals surface area contributed by atoms with Crippen LogP contribution < -0.4 is 5.73 Å². The Balaban J connectivity index is 3.19. The van der Waals surface area contributed by atoms with Crippen molar-refractivity contribution in [2.75, 3.05) is 13.7 Å². The Morgan fingerprint density at radius 2 is 1.94 bits per heavy atom. The van der Waals surface area contributed by atoms with Crippen molar-refractivity contribution in [1.82, 2.24) is 9.97 Å². The van der Waals surface area contributed by atoms with E-state index in [0.717, 1.165) is 36.5 Å². The van der Waals surface area contributed by atoms with E-state index in [9.17, 15) is 0 Å². The minimum atomic E-state index is -0.366. The molecule has 1 aromatic heterocycles. The van der Waals surface area contributed by atoms with Crippen LogP contribution >= 0.6 is 0 Å². The van der Waals surface area contributed by atoms with Gasteiger partial charge in [0.1, 0.15) is 5.60 Å². The number of nitrogens with two attached hydrogens (primary N) is 1. The van der Waals surface area contributed by atoms with Gasteiger partial charge in [0.2, 0.25) is 0 Å². The Hall–Kier alpha value is -1.00. The van der Waals surface area contributed by atoms with Crippen molar-refractivity contribution in [1.29, 1.82) is 0 Å². The molecule has 0 fully saturated rings. The fourth-order valence-corrected chi connectivity index (χ4v) is 2.06. The molecule has 0 radical (unpaired) electrons. The molecule has 0 saturated carbocycles. The molecule has 0 aliphatic heterocycles. The lowest BCUT2D eigenvalue weighted by atomic mass is 9.95. The summed E-state index contributed by atoms with van der Waals surface area (Å²) in [5.74, 6) is 0.786. The molecule has 1 heterocycles. The first kappa shape index (κ1) is 14.1. The van der Waals surface area contributed by atoms with Crippen LogP contribution in [0.25, 0.3) is 0 Å². The molecule has 4 nitrogen and oxygen atoms in total. The molecule has 96 valence electrons. The van der Waals surface area contributed by atoms with Gasteiger partial charge >= 0.3 is 0 Å². The van der Waals surface area contributed by atoms with Crippen molar-refractivity contribution < 1.29 is 4.74 Å². The van der Waals surface area contributed by atoms with Crippen LogP contribution in [0, 0.1) is 6.92 Å². The van der Waals surface area contributed by atoms with E-state index in [4.69, 9.17) is 10.5 Å². The Bertz CT molecular complexity index is 353. The number of ether oxygens (including phenoxy) is 1. The zero-order valence-electron chi connectivity index (χ0n) is 11.3. The molecule has 1 rings (SSSR count). The third-order valence-corrected chi connectivity index (χ3v) is 3.25. The maximum atomic E-state index is 5.65. The maximum Gasteiger partial charge on any atom is 0.160 e. The molecule has 0 unspecified atom stereocenters. The molecule has 0 spiro atoms. The van der Waals surface area contributed by atoms with Crippen LogP contribution in [0.2, 0.25) is 0 Å². The van der Waals surface area contributed by atoms with E-state index in [1.165, 1.54) is 0 Å². The molecular formula is C13H23N3O. The zero-order chi connectivity index (χ0) is 12.9. The molecule has 4 heteroatoms. The molecule has 0 bridgehead atoms. The predicted octanol–water partition coefficient (Wildman–Crippen LogP) is 1.95. The highest BCUT2D eigenvalue weighted by atomic mass is 16.5. The Kier molecular flexibility index (Phi) is 5.02. The normalized spacial score (nSPS) is 11.8. The predicted molar refractivity (Wildman–Crippen MR) is 68.8 cm³/mol. The second-order valence-corrected chi connectivity index (χ2v) is 4.27. The summed E-state index contributed by atoms with van der Waals surface area (Å²) in [5, 5.41) is 0. The number of nitrogens with zero attached hydrogens (tertiary/aromatic N) is 2. The number of aryl methyl sites for hydroxylation is 1. The van der Waals surface area contributed by atoms with Gasteiger partial charge in [-0.05, 0) is 32.4 Å². The first-order valence-electron chi connectivity index (χ1n) is 6.22. The zero-order valence-corrected chi connectivity index (χ0v) is 11.3. The molecule has 0 aromatic carbocycles. The van der Waals surface area contributed by atoms with Gasteiger partial charge in [0.25, 0.3) is 0 Å². The van der Waals surface area contributed by atoms with Gasteiger partial charge in [-0.25, -0.2) is 9.97 Å². The summed E-state index contributed by atoms with van der Waals surface area (Å²) < 4.78 is 5.65. The third-order valence-electron chi connectivity index (χ3n) is 3.25. The fraction of sp³-hybridized carbons (Fsp3) is 0.692. The van der Waals surface area contributed by atoms with Crippen molar-refractivity contribution in [2.45, 2.75) is 45.6 Å². The molecule has 0 aliphatic carbocycles. The number of methoxy groups -OCH3 is 1. The molecule has 0 saturated heterocycles. The highest BCUT2D eigenvalue weighted by molar-refractivity contribution is 5.14. The van der Waals surface area contributed by atoms with Gasteiger partial charge in [0, 0.05) is 24.9 Å². The summed E-state index contributed by atoms with van der Waals surface area (Å²) in [6.45, 7) is 6.79. The monoisotopic (exact) mass is 237 g/mol. The number of hydrogen-bond donors (Lipinski definition) is 1. The smallest absolute Gasteiger partial charge is 0.160 e. The second kappa shape index (κ2) is 6.07. The minimum absolute atomic E-state index is 0.366. The average Bonchev–Trinajstić information content (AvgIpc) is 2.32. The largest absolute Gasteiger partial charge is 0.370 e. The Morgan fingerprint density at radius 1 is 1.29 bits per heavy atom. The number of aromatic nitrogens is 2. The Morgan fingerprint density at radius 3 is 2.41 bits per heavy atom. The van der Waals surface area contributed by atoms with Crippen LogP contribution in [0.1, 0.15) is 43.9 Å². The summed E-state index contributed by atoms with van der Waals surface area (Å²) in [4.78, 5) is 9.12. The van der Waals surface area contributed by atoms with E-state index in [0.29, 0.717) is 6.54 Å². The molecule has 2 N–H and O–H groups in total. The third kappa shape index (κ3) is 3.01. The molecule has 17 heavy (non-hydrogen) atoms. The first-order valence-corrected chi connectivity index (χ1v) is 6.22. The maximum absolute atomic E-state index is 5.65. The van der Waals surface area contributed by atoms with Crippen molar-refractivity contribution in [3.63, 3.8) is 0 Å². The molecule has 0 amide bonds. The highest BCUT2D eigenvalue weighted by Crippen LogP contribution is 2.29. The molecule has 0 aliphatic rings. The van der Waals surface area contributed by atoms with Crippen LogP contribution in [-0.4, -0.2) is 23.6 Å². The number of rotatable bonds is 6. The summed E-state index contributed by atoms with van der Waals surface area (Å²) in [5.41, 5.74) is 7.18. The van der Waals surface area contributed by atoms with E-state index in [2.05, 4.69) is 23.8 Å². The van der Waals surface area contributed by atoms with Crippen LogP contribution in [0.3, 0.4) is 0 Å². The molecule has 0 atom stereocenters. The van der Waals surface area contributed by atoms with E-state index >= 15 is 0 Å². The van der Waals surface area contributed by atoms with Gasteiger partial charge in [0.05, 0.1) is 0 Å². The van der Waals surface area contributed by atoms with Crippen LogP contribution in [0.5, 0.6) is 0 Å². The summed E-state index contributed by atoms with van der Waals surface area (Å²) in [6, 6.07) is 1.99. The molecule has 1 aromatic rings. The van der Waals surface area contributed by atoms with Gasteiger partial charge < -0.3 is 10.5 Å². The first-order chi connectivity index (χ1) is 8.11. The minimum Gasteiger partial charge on any atom is -0.370 e. The standard InChI is InChI=1S/C13H23N3O/c1-5-13(6-2,17-4)12-15-10(3)9-11(16-12)7-8-14/h9H,5-8,14H2,1-4H3. The SMILES string of the molecule is CCC(CC)(OC)c1nc(C)cc(CCN)n1.